The molecule has 3 N–H and O–H groups in total. The molecule has 0 saturated heterocycles. The summed E-state index contributed by atoms with van der Waals surface area (Å²) in [6.07, 6.45) is -0.0150. The van der Waals surface area contributed by atoms with Gasteiger partial charge in [0.2, 0.25) is 0 Å². The molecule has 0 aliphatic carbocycles. The number of hydrogen-bond donors (Lipinski definition) is 3. The van der Waals surface area contributed by atoms with Crippen molar-refractivity contribution in [3.8, 4) is 0 Å². The molecule has 2 amide bonds. The van der Waals surface area contributed by atoms with Crippen LogP contribution in [0.15, 0.2) is 18.2 Å². The van der Waals surface area contributed by atoms with E-state index >= 15 is 0 Å². The van der Waals surface area contributed by atoms with Crippen LogP contribution in [-0.2, 0) is 9.53 Å². The van der Waals surface area contributed by atoms with E-state index in [1.807, 2.05) is 0 Å². The molecule has 114 valence electrons. The summed E-state index contributed by atoms with van der Waals surface area (Å²) < 4.78 is 18.1. The number of carbonyl (C=O) groups excluding carboxylic acids is 2. The average molecular weight is 298 g/mol. The number of anilines is 1. The van der Waals surface area contributed by atoms with Crippen LogP contribution in [-0.4, -0.2) is 36.2 Å². The number of nitrogens with one attached hydrogen (secondary N) is 2. The van der Waals surface area contributed by atoms with E-state index in [9.17, 15) is 18.8 Å². The summed E-state index contributed by atoms with van der Waals surface area (Å²) in [7, 11) is 0. The molecule has 0 aliphatic heterocycles. The number of carboxylic acid groups (broad SMARTS) is 1. The number of urea groups is 1. The first-order chi connectivity index (χ1) is 9.93. The van der Waals surface area contributed by atoms with Gasteiger partial charge in [0, 0.05) is 6.54 Å². The standard InChI is InChI=1S/C13H15FN2O5/c1-2-21-11(17)5-6-15-13(20)16-10-7-8(12(18)19)3-4-9(10)14/h3-4,7H,2,5-6H2,1H3,(H,18,19)(H2,15,16,20). The lowest BCUT2D eigenvalue weighted by molar-refractivity contribution is -0.142. The van der Waals surface area contributed by atoms with Gasteiger partial charge < -0.3 is 20.5 Å². The van der Waals surface area contributed by atoms with E-state index in [-0.39, 0.29) is 30.8 Å². The highest BCUT2D eigenvalue weighted by molar-refractivity contribution is 5.93. The Bertz CT molecular complexity index is 547. The van der Waals surface area contributed by atoms with Gasteiger partial charge in [0.15, 0.2) is 0 Å². The van der Waals surface area contributed by atoms with Crippen molar-refractivity contribution in [1.82, 2.24) is 5.32 Å². The molecule has 1 rings (SSSR count). The average Bonchev–Trinajstić information content (AvgIpc) is 2.41. The zero-order valence-electron chi connectivity index (χ0n) is 11.3. The Morgan fingerprint density at radius 1 is 1.33 bits per heavy atom. The highest BCUT2D eigenvalue weighted by atomic mass is 19.1. The zero-order chi connectivity index (χ0) is 15.8. The molecule has 0 aliphatic rings. The second-order valence-electron chi connectivity index (χ2n) is 3.94. The molecule has 0 saturated carbocycles. The van der Waals surface area contributed by atoms with Gasteiger partial charge in [0.05, 0.1) is 24.3 Å². The van der Waals surface area contributed by atoms with E-state index in [4.69, 9.17) is 5.11 Å². The first-order valence-electron chi connectivity index (χ1n) is 6.17. The summed E-state index contributed by atoms with van der Waals surface area (Å²) in [6, 6.07) is 2.28. The fraction of sp³-hybridized carbons (Fsp3) is 0.308. The van der Waals surface area contributed by atoms with E-state index in [1.54, 1.807) is 6.92 Å². The summed E-state index contributed by atoms with van der Waals surface area (Å²) in [6.45, 7) is 1.93. The van der Waals surface area contributed by atoms with Gasteiger partial charge in [-0.2, -0.15) is 0 Å². The molecule has 21 heavy (non-hydrogen) atoms. The number of carbonyl (C=O) groups is 3. The Morgan fingerprint density at radius 3 is 2.67 bits per heavy atom. The van der Waals surface area contributed by atoms with Gasteiger partial charge in [-0.15, -0.1) is 0 Å². The number of carboxylic acids is 1. The molecule has 1 aromatic rings. The van der Waals surface area contributed by atoms with E-state index in [2.05, 4.69) is 15.4 Å². The van der Waals surface area contributed by atoms with E-state index in [0.717, 1.165) is 18.2 Å². The molecule has 0 heterocycles. The number of aromatic carboxylic acids is 1. The normalized spacial score (nSPS) is 9.81. The lowest BCUT2D eigenvalue weighted by atomic mass is 10.2. The lowest BCUT2D eigenvalue weighted by Crippen LogP contribution is -2.31. The van der Waals surface area contributed by atoms with Crippen LogP contribution in [0.3, 0.4) is 0 Å². The van der Waals surface area contributed by atoms with Crippen LogP contribution < -0.4 is 10.6 Å². The number of halogens is 1. The first-order valence-corrected chi connectivity index (χ1v) is 6.17. The number of benzene rings is 1. The van der Waals surface area contributed by atoms with Crippen molar-refractivity contribution in [3.05, 3.63) is 29.6 Å². The van der Waals surface area contributed by atoms with Crippen molar-refractivity contribution in [3.63, 3.8) is 0 Å². The topological polar surface area (TPSA) is 105 Å². The predicted octanol–water partition coefficient (Wildman–Crippen LogP) is 1.60. The number of hydrogen-bond acceptors (Lipinski definition) is 4. The van der Waals surface area contributed by atoms with Gasteiger partial charge in [-0.1, -0.05) is 0 Å². The monoisotopic (exact) mass is 298 g/mol. The van der Waals surface area contributed by atoms with Gasteiger partial charge >= 0.3 is 18.0 Å². The van der Waals surface area contributed by atoms with Crippen molar-refractivity contribution in [2.45, 2.75) is 13.3 Å². The van der Waals surface area contributed by atoms with Crippen LogP contribution in [0.2, 0.25) is 0 Å². The summed E-state index contributed by atoms with van der Waals surface area (Å²) in [5.41, 5.74) is -0.415. The molecule has 0 unspecified atom stereocenters. The molecular weight excluding hydrogens is 283 g/mol. The van der Waals surface area contributed by atoms with Gasteiger partial charge in [0.25, 0.3) is 0 Å². The van der Waals surface area contributed by atoms with Gasteiger partial charge in [-0.3, -0.25) is 4.79 Å². The van der Waals surface area contributed by atoms with Crippen molar-refractivity contribution < 1.29 is 28.6 Å². The molecule has 7 nitrogen and oxygen atoms in total. The largest absolute Gasteiger partial charge is 0.478 e. The Morgan fingerprint density at radius 2 is 2.05 bits per heavy atom. The smallest absolute Gasteiger partial charge is 0.335 e. The van der Waals surface area contributed by atoms with Crippen LogP contribution in [0, 0.1) is 5.82 Å². The second kappa shape index (κ2) is 7.83. The fourth-order valence-electron chi connectivity index (χ4n) is 1.43. The molecule has 8 heteroatoms. The molecule has 0 aromatic heterocycles. The van der Waals surface area contributed by atoms with E-state index in [0.29, 0.717) is 0 Å². The Hall–Kier alpha value is -2.64. The molecule has 1 aromatic carbocycles. The number of esters is 1. The highest BCUT2D eigenvalue weighted by Crippen LogP contribution is 2.16. The van der Waals surface area contributed by atoms with Crippen molar-refractivity contribution in [1.29, 1.82) is 0 Å². The molecule has 0 spiro atoms. The first kappa shape index (κ1) is 16.4. The van der Waals surface area contributed by atoms with Crippen LogP contribution in [0.4, 0.5) is 14.9 Å². The minimum Gasteiger partial charge on any atom is -0.478 e. The number of ether oxygens (including phenoxy) is 1. The van der Waals surface area contributed by atoms with Crippen molar-refractivity contribution in [2.24, 2.45) is 0 Å². The maximum atomic E-state index is 13.4. The fourth-order valence-corrected chi connectivity index (χ4v) is 1.43. The molecule has 0 bridgehead atoms. The minimum absolute atomic E-state index is 0.0150. The predicted molar refractivity (Wildman–Crippen MR) is 71.6 cm³/mol. The molecule has 0 radical (unpaired) electrons. The Kier molecular flexibility index (Phi) is 6.12. The van der Waals surface area contributed by atoms with E-state index in [1.165, 1.54) is 0 Å². The van der Waals surface area contributed by atoms with Crippen molar-refractivity contribution >= 4 is 23.7 Å². The van der Waals surface area contributed by atoms with E-state index < -0.39 is 23.8 Å². The highest BCUT2D eigenvalue weighted by Gasteiger charge is 2.11. The minimum atomic E-state index is -1.24. The van der Waals surface area contributed by atoms with Gasteiger partial charge in [0.1, 0.15) is 5.82 Å². The molecule has 0 atom stereocenters. The van der Waals surface area contributed by atoms with Crippen LogP contribution >= 0.6 is 0 Å². The zero-order valence-corrected chi connectivity index (χ0v) is 11.3. The quantitative estimate of drug-likeness (QED) is 0.692. The molecular formula is C13H15FN2O5. The van der Waals surface area contributed by atoms with Crippen LogP contribution in [0.1, 0.15) is 23.7 Å². The SMILES string of the molecule is CCOC(=O)CCNC(=O)Nc1cc(C(=O)O)ccc1F. The Balaban J connectivity index is 2.53. The third-order valence-corrected chi connectivity index (χ3v) is 2.38. The summed E-state index contributed by atoms with van der Waals surface area (Å²) in [4.78, 5) is 33.3. The summed E-state index contributed by atoms with van der Waals surface area (Å²) in [5.74, 6) is -2.46. The van der Waals surface area contributed by atoms with Gasteiger partial charge in [-0.25, -0.2) is 14.0 Å². The lowest BCUT2D eigenvalue weighted by Gasteiger charge is -2.09. The van der Waals surface area contributed by atoms with Crippen LogP contribution in [0.5, 0.6) is 0 Å². The van der Waals surface area contributed by atoms with Crippen molar-refractivity contribution in [2.75, 3.05) is 18.5 Å². The maximum absolute atomic E-state index is 13.4. The second-order valence-corrected chi connectivity index (χ2v) is 3.94. The third kappa shape index (κ3) is 5.47. The third-order valence-electron chi connectivity index (χ3n) is 2.38. The molecule has 0 fully saturated rings. The number of rotatable bonds is 6. The summed E-state index contributed by atoms with van der Waals surface area (Å²) >= 11 is 0. The summed E-state index contributed by atoms with van der Waals surface area (Å²) in [5, 5.41) is 13.3. The van der Waals surface area contributed by atoms with Gasteiger partial charge in [-0.05, 0) is 25.1 Å². The maximum Gasteiger partial charge on any atom is 0.335 e. The Labute approximate surface area is 120 Å². The number of amides is 2. The van der Waals surface area contributed by atoms with Crippen LogP contribution in [0.25, 0.3) is 0 Å².